The molecule has 0 aromatic heterocycles. The number of rotatable bonds is 0. The number of esters is 1. The molecule has 2 aliphatic carbocycles. The first-order valence-electron chi connectivity index (χ1n) is 7.02. The van der Waals surface area contributed by atoms with Gasteiger partial charge in [-0.25, -0.2) is 4.79 Å². The second-order valence-electron chi connectivity index (χ2n) is 6.64. The molecule has 0 aromatic carbocycles. The van der Waals surface area contributed by atoms with Gasteiger partial charge >= 0.3 is 5.97 Å². The number of hydrogen-bond donors (Lipinski definition) is 1. The van der Waals surface area contributed by atoms with Crippen molar-refractivity contribution >= 4 is 5.97 Å². The zero-order valence-electron chi connectivity index (χ0n) is 11.4. The number of aliphatic hydroxyl groups is 1. The summed E-state index contributed by atoms with van der Waals surface area (Å²) < 4.78 is 5.45. The Morgan fingerprint density at radius 1 is 1.39 bits per heavy atom. The highest BCUT2D eigenvalue weighted by Crippen LogP contribution is 2.55. The summed E-state index contributed by atoms with van der Waals surface area (Å²) in [5.41, 5.74) is 1.93. The van der Waals surface area contributed by atoms with Crippen molar-refractivity contribution in [3.05, 3.63) is 11.1 Å². The molecule has 100 valence electrons. The Kier molecular flexibility index (Phi) is 2.60. The van der Waals surface area contributed by atoms with Gasteiger partial charge in [-0.3, -0.25) is 0 Å². The number of carbonyl (C=O) groups excluding carboxylic acids is 1. The fourth-order valence-corrected chi connectivity index (χ4v) is 4.32. The molecule has 18 heavy (non-hydrogen) atoms. The van der Waals surface area contributed by atoms with Crippen LogP contribution in [0.15, 0.2) is 11.1 Å². The average molecular weight is 250 g/mol. The highest BCUT2D eigenvalue weighted by atomic mass is 16.5. The van der Waals surface area contributed by atoms with E-state index in [1.54, 1.807) is 0 Å². The molecule has 5 atom stereocenters. The molecule has 3 heteroatoms. The van der Waals surface area contributed by atoms with Crippen LogP contribution in [-0.4, -0.2) is 23.3 Å². The highest BCUT2D eigenvalue weighted by Gasteiger charge is 2.53. The summed E-state index contributed by atoms with van der Waals surface area (Å²) in [6.07, 6.45) is 3.37. The lowest BCUT2D eigenvalue weighted by atomic mass is 9.54. The molecule has 0 spiro atoms. The Morgan fingerprint density at radius 3 is 2.83 bits per heavy atom. The third-order valence-corrected chi connectivity index (χ3v) is 5.68. The molecule has 1 heterocycles. The van der Waals surface area contributed by atoms with Crippen molar-refractivity contribution in [3.8, 4) is 0 Å². The van der Waals surface area contributed by atoms with Crippen molar-refractivity contribution < 1.29 is 14.6 Å². The Balaban J connectivity index is 1.97. The first kappa shape index (κ1) is 12.2. The van der Waals surface area contributed by atoms with Gasteiger partial charge in [0, 0.05) is 11.0 Å². The molecule has 3 aliphatic rings. The van der Waals surface area contributed by atoms with E-state index in [-0.39, 0.29) is 23.6 Å². The Hall–Kier alpha value is -0.830. The minimum Gasteiger partial charge on any atom is -0.454 e. The molecule has 1 aliphatic heterocycles. The maximum absolute atomic E-state index is 11.7. The largest absolute Gasteiger partial charge is 0.454 e. The number of fused-ring (bicyclic) bond motifs is 2. The number of aliphatic hydroxyl groups excluding tert-OH is 1. The molecule has 0 amide bonds. The lowest BCUT2D eigenvalue weighted by molar-refractivity contribution is -0.147. The first-order chi connectivity index (χ1) is 8.43. The van der Waals surface area contributed by atoms with E-state index in [1.165, 1.54) is 5.57 Å². The zero-order valence-corrected chi connectivity index (χ0v) is 11.4. The van der Waals surface area contributed by atoms with Crippen LogP contribution in [0.4, 0.5) is 0 Å². The van der Waals surface area contributed by atoms with Gasteiger partial charge in [0.15, 0.2) is 0 Å². The predicted octanol–water partition coefficient (Wildman–Crippen LogP) is 2.44. The molecule has 0 aromatic rings. The molecule has 0 bridgehead atoms. The quantitative estimate of drug-likeness (QED) is 0.672. The van der Waals surface area contributed by atoms with E-state index < -0.39 is 0 Å². The minimum absolute atomic E-state index is 0.0706. The van der Waals surface area contributed by atoms with Crippen molar-refractivity contribution in [2.24, 2.45) is 17.3 Å². The molecule has 3 rings (SSSR count). The van der Waals surface area contributed by atoms with Crippen molar-refractivity contribution in [2.45, 2.75) is 58.7 Å². The standard InChI is InChI=1S/C15H22O3/c1-8-4-5-13(16)15(3)7-12-10(6-11(8)15)9(2)14(17)18-12/h8,11-13,16H,4-7H2,1-3H3. The van der Waals surface area contributed by atoms with Gasteiger partial charge in [0.1, 0.15) is 6.10 Å². The fraction of sp³-hybridized carbons (Fsp3) is 0.800. The lowest BCUT2D eigenvalue weighted by Gasteiger charge is -2.52. The monoisotopic (exact) mass is 250 g/mol. The Morgan fingerprint density at radius 2 is 2.11 bits per heavy atom. The van der Waals surface area contributed by atoms with Gasteiger partial charge in [-0.1, -0.05) is 13.8 Å². The predicted molar refractivity (Wildman–Crippen MR) is 67.8 cm³/mol. The van der Waals surface area contributed by atoms with Crippen LogP contribution in [-0.2, 0) is 9.53 Å². The zero-order chi connectivity index (χ0) is 13.1. The van der Waals surface area contributed by atoms with Gasteiger partial charge in [0.2, 0.25) is 0 Å². The molecule has 5 unspecified atom stereocenters. The maximum Gasteiger partial charge on any atom is 0.334 e. The van der Waals surface area contributed by atoms with E-state index in [2.05, 4.69) is 13.8 Å². The molecular weight excluding hydrogens is 228 g/mol. The van der Waals surface area contributed by atoms with E-state index in [0.717, 1.165) is 31.3 Å². The summed E-state index contributed by atoms with van der Waals surface area (Å²) in [4.78, 5) is 11.7. The summed E-state index contributed by atoms with van der Waals surface area (Å²) in [6, 6.07) is 0. The van der Waals surface area contributed by atoms with Gasteiger partial charge < -0.3 is 9.84 Å². The van der Waals surface area contributed by atoms with Gasteiger partial charge in [0.25, 0.3) is 0 Å². The molecule has 0 radical (unpaired) electrons. The molecule has 2 fully saturated rings. The van der Waals surface area contributed by atoms with E-state index in [1.807, 2.05) is 6.92 Å². The number of hydrogen-bond acceptors (Lipinski definition) is 3. The van der Waals surface area contributed by atoms with E-state index in [4.69, 9.17) is 4.74 Å². The molecule has 2 saturated carbocycles. The third kappa shape index (κ3) is 1.49. The van der Waals surface area contributed by atoms with Crippen molar-refractivity contribution in [3.63, 3.8) is 0 Å². The van der Waals surface area contributed by atoms with Crippen LogP contribution in [0.3, 0.4) is 0 Å². The van der Waals surface area contributed by atoms with Crippen LogP contribution in [0.2, 0.25) is 0 Å². The van der Waals surface area contributed by atoms with E-state index in [9.17, 15) is 9.90 Å². The SMILES string of the molecule is CC1=C2CC3C(C)CCC(O)C3(C)CC2OC1=O. The maximum atomic E-state index is 11.7. The fourth-order valence-electron chi connectivity index (χ4n) is 4.32. The van der Waals surface area contributed by atoms with Crippen LogP contribution >= 0.6 is 0 Å². The minimum atomic E-state index is -0.250. The van der Waals surface area contributed by atoms with Gasteiger partial charge in [0.05, 0.1) is 6.10 Å². The van der Waals surface area contributed by atoms with Gasteiger partial charge in [-0.15, -0.1) is 0 Å². The molecule has 3 nitrogen and oxygen atoms in total. The van der Waals surface area contributed by atoms with Crippen molar-refractivity contribution in [1.29, 1.82) is 0 Å². The average Bonchev–Trinajstić information content (AvgIpc) is 2.58. The number of ether oxygens (including phenoxy) is 1. The molecule has 1 N–H and O–H groups in total. The van der Waals surface area contributed by atoms with Crippen molar-refractivity contribution in [2.75, 3.05) is 0 Å². The van der Waals surface area contributed by atoms with Crippen LogP contribution in [0.25, 0.3) is 0 Å². The molecular formula is C15H22O3. The summed E-state index contributed by atoms with van der Waals surface area (Å²) in [6.45, 7) is 6.34. The molecule has 0 saturated heterocycles. The smallest absolute Gasteiger partial charge is 0.334 e. The van der Waals surface area contributed by atoms with Crippen LogP contribution < -0.4 is 0 Å². The normalized spacial score (nSPS) is 47.7. The Labute approximate surface area is 108 Å². The van der Waals surface area contributed by atoms with Crippen LogP contribution in [0, 0.1) is 17.3 Å². The van der Waals surface area contributed by atoms with Gasteiger partial charge in [-0.2, -0.15) is 0 Å². The summed E-state index contributed by atoms with van der Waals surface area (Å²) >= 11 is 0. The van der Waals surface area contributed by atoms with E-state index >= 15 is 0 Å². The van der Waals surface area contributed by atoms with Gasteiger partial charge in [-0.05, 0) is 50.0 Å². The first-order valence-corrected chi connectivity index (χ1v) is 7.02. The third-order valence-electron chi connectivity index (χ3n) is 5.68. The van der Waals surface area contributed by atoms with Crippen molar-refractivity contribution in [1.82, 2.24) is 0 Å². The van der Waals surface area contributed by atoms with Crippen LogP contribution in [0.1, 0.15) is 46.5 Å². The summed E-state index contributed by atoms with van der Waals surface area (Å²) in [7, 11) is 0. The second-order valence-corrected chi connectivity index (χ2v) is 6.64. The van der Waals surface area contributed by atoms with Crippen LogP contribution in [0.5, 0.6) is 0 Å². The summed E-state index contributed by atoms with van der Waals surface area (Å²) in [5, 5.41) is 10.4. The number of carbonyl (C=O) groups is 1. The summed E-state index contributed by atoms with van der Waals surface area (Å²) in [5.74, 6) is 0.951. The highest BCUT2D eigenvalue weighted by molar-refractivity contribution is 5.91. The lowest BCUT2D eigenvalue weighted by Crippen LogP contribution is -2.51. The Bertz CT molecular complexity index is 425. The topological polar surface area (TPSA) is 46.5 Å². The second kappa shape index (κ2) is 3.83. The van der Waals surface area contributed by atoms with E-state index in [0.29, 0.717) is 11.8 Å².